The molecule has 0 saturated heterocycles. The molecule has 11 heavy (non-hydrogen) atoms. The van der Waals surface area contributed by atoms with Gasteiger partial charge < -0.3 is 0 Å². The van der Waals surface area contributed by atoms with E-state index in [1.807, 2.05) is 0 Å². The fourth-order valence-electron chi connectivity index (χ4n) is 1.29. The Hall–Kier alpha value is -0.230. The maximum Gasteiger partial charge on any atom is 0.0631 e. The van der Waals surface area contributed by atoms with E-state index in [0.29, 0.717) is 6.05 Å². The van der Waals surface area contributed by atoms with Gasteiger partial charge >= 0.3 is 0 Å². The van der Waals surface area contributed by atoms with E-state index in [4.69, 9.17) is 7.79 Å². The van der Waals surface area contributed by atoms with Gasteiger partial charge in [-0.25, -0.2) is 0 Å². The van der Waals surface area contributed by atoms with Crippen molar-refractivity contribution in [3.63, 3.8) is 0 Å². The van der Waals surface area contributed by atoms with Gasteiger partial charge in [0, 0.05) is 5.57 Å². The van der Waals surface area contributed by atoms with Crippen LogP contribution in [0.4, 0.5) is 0 Å². The minimum atomic E-state index is 0.600. The Balaban J connectivity index is 2.97. The predicted molar refractivity (Wildman–Crippen MR) is 57.5 cm³/mol. The first-order valence-corrected chi connectivity index (χ1v) is 5.00. The van der Waals surface area contributed by atoms with Crippen molar-refractivity contribution in [3.05, 3.63) is 21.3 Å². The van der Waals surface area contributed by atoms with Crippen molar-refractivity contribution in [2.45, 2.75) is 25.7 Å². The second kappa shape index (κ2) is 4.61. The van der Waals surface area contributed by atoms with Gasteiger partial charge in [-0.05, 0) is 35.3 Å². The van der Waals surface area contributed by atoms with Gasteiger partial charge in [0.05, 0.1) is 1.37 Å². The van der Waals surface area contributed by atoms with Crippen molar-refractivity contribution < 1.29 is 1.37 Å². The summed E-state index contributed by atoms with van der Waals surface area (Å²) in [5.41, 5.74) is 2.12. The number of hydrogen-bond donors (Lipinski definition) is 0. The Morgan fingerprint density at radius 2 is 2.27 bits per heavy atom. The lowest BCUT2D eigenvalue weighted by Crippen LogP contribution is -1.95. The third-order valence-corrected chi connectivity index (χ3v) is 2.18. The summed E-state index contributed by atoms with van der Waals surface area (Å²) in [7, 11) is 0. The molecule has 0 amide bonds. The second-order valence-corrected chi connectivity index (χ2v) is 3.18. The zero-order valence-electron chi connectivity index (χ0n) is 7.36. The van der Waals surface area contributed by atoms with Crippen molar-refractivity contribution in [3.8, 4) is 12.3 Å². The highest BCUT2D eigenvalue weighted by atomic mass is 127. The van der Waals surface area contributed by atoms with E-state index >= 15 is 0 Å². The molecule has 0 aromatic carbocycles. The van der Waals surface area contributed by atoms with Crippen LogP contribution in [0.15, 0.2) is 21.3 Å². The third kappa shape index (κ3) is 2.37. The van der Waals surface area contributed by atoms with Gasteiger partial charge in [0.1, 0.15) is 0 Å². The van der Waals surface area contributed by atoms with Gasteiger partial charge in [-0.2, -0.15) is 0 Å². The molecule has 1 aliphatic carbocycles. The van der Waals surface area contributed by atoms with Gasteiger partial charge in [0.15, 0.2) is 0 Å². The fraction of sp³-hybridized carbons (Fsp3) is 0.400. The zero-order valence-corrected chi connectivity index (χ0v) is 8.52. The average Bonchev–Trinajstić information content (AvgIpc) is 2.16. The van der Waals surface area contributed by atoms with E-state index in [-0.39, 0.29) is 0 Å². The van der Waals surface area contributed by atoms with E-state index in [0.717, 1.165) is 24.0 Å². The molecule has 0 fully saturated rings. The van der Waals surface area contributed by atoms with Crippen LogP contribution in [0.2, 0.25) is 0 Å². The Morgan fingerprint density at radius 3 is 2.91 bits per heavy atom. The molecule has 1 rings (SSSR count). The summed E-state index contributed by atoms with van der Waals surface area (Å²) >= 11 is 2.09. The second-order valence-electron chi connectivity index (χ2n) is 2.56. The molecule has 0 unspecified atom stereocenters. The van der Waals surface area contributed by atoms with Crippen molar-refractivity contribution in [2.75, 3.05) is 0 Å². The van der Waals surface area contributed by atoms with Crippen LogP contribution in [-0.4, -0.2) is 0 Å². The van der Waals surface area contributed by atoms with Gasteiger partial charge in [0.2, 0.25) is 0 Å². The highest BCUT2D eigenvalue weighted by Crippen LogP contribution is 2.25. The van der Waals surface area contributed by atoms with Gasteiger partial charge in [-0.1, -0.05) is 34.6 Å². The minimum absolute atomic E-state index is 0.600. The van der Waals surface area contributed by atoms with Crippen LogP contribution >= 0.6 is 22.6 Å². The number of terminal acetylenes is 1. The van der Waals surface area contributed by atoms with Crippen LogP contribution < -0.4 is 0 Å². The molecule has 1 heteroatoms. The molecule has 0 atom stereocenters. The first kappa shape index (κ1) is 7.42. The van der Waals surface area contributed by atoms with Crippen LogP contribution in [0.3, 0.4) is 0 Å². The standard InChI is InChI=1S/C10H11I/c1-2-9-5-3-4-6-10(9)7-8-11/h1,7-8H,3-6H2/b8-7+/i7D. The summed E-state index contributed by atoms with van der Waals surface area (Å²) in [5, 5.41) is 0. The molecule has 58 valence electrons. The van der Waals surface area contributed by atoms with E-state index < -0.39 is 0 Å². The summed E-state index contributed by atoms with van der Waals surface area (Å²) in [6.45, 7) is 0. The molecule has 0 radical (unpaired) electrons. The van der Waals surface area contributed by atoms with Crippen LogP contribution in [0.5, 0.6) is 0 Å². The summed E-state index contributed by atoms with van der Waals surface area (Å²) in [4.78, 5) is 0. The highest BCUT2D eigenvalue weighted by Gasteiger charge is 2.07. The molecular formula is C10H11I. The van der Waals surface area contributed by atoms with E-state index in [1.54, 1.807) is 4.08 Å². The zero-order chi connectivity index (χ0) is 8.97. The maximum absolute atomic E-state index is 7.65. The first-order valence-electron chi connectivity index (χ1n) is 4.25. The Morgan fingerprint density at radius 1 is 1.55 bits per heavy atom. The fourth-order valence-corrected chi connectivity index (χ4v) is 1.67. The summed E-state index contributed by atoms with van der Waals surface area (Å²) < 4.78 is 9.44. The molecule has 0 saturated carbocycles. The molecule has 0 spiro atoms. The third-order valence-electron chi connectivity index (χ3n) is 1.87. The SMILES string of the molecule is [2H]/C(=C\I)C1=C(C#C)CCCC1. The molecule has 0 bridgehead atoms. The molecule has 0 N–H and O–H groups in total. The van der Waals surface area contributed by atoms with Crippen molar-refractivity contribution in [1.29, 1.82) is 0 Å². The number of rotatable bonds is 1. The Kier molecular flexibility index (Phi) is 3.11. The molecule has 0 nitrogen and oxygen atoms in total. The van der Waals surface area contributed by atoms with Gasteiger partial charge in [-0.15, -0.1) is 6.42 Å². The van der Waals surface area contributed by atoms with E-state index in [2.05, 4.69) is 28.5 Å². The number of hydrogen-bond acceptors (Lipinski definition) is 0. The first-order chi connectivity index (χ1) is 5.79. The quantitative estimate of drug-likeness (QED) is 0.500. The lowest BCUT2D eigenvalue weighted by molar-refractivity contribution is 0.697. The lowest BCUT2D eigenvalue weighted by atomic mass is 9.92. The van der Waals surface area contributed by atoms with Crippen molar-refractivity contribution in [2.24, 2.45) is 0 Å². The predicted octanol–water partition coefficient (Wildman–Crippen LogP) is 3.44. The molecule has 0 aliphatic heterocycles. The summed E-state index contributed by atoms with van der Waals surface area (Å²) in [6, 6.07) is 0.600. The maximum atomic E-state index is 7.65. The summed E-state index contributed by atoms with van der Waals surface area (Å²) in [5.74, 6) is 2.68. The van der Waals surface area contributed by atoms with Gasteiger partial charge in [-0.3, -0.25) is 0 Å². The van der Waals surface area contributed by atoms with Gasteiger partial charge in [0.25, 0.3) is 0 Å². The van der Waals surface area contributed by atoms with Crippen LogP contribution in [0.25, 0.3) is 0 Å². The monoisotopic (exact) mass is 259 g/mol. The lowest BCUT2D eigenvalue weighted by Gasteiger charge is -2.12. The van der Waals surface area contributed by atoms with Crippen molar-refractivity contribution >= 4 is 22.6 Å². The average molecular weight is 259 g/mol. The molecule has 0 aromatic rings. The largest absolute Gasteiger partial charge is 0.115 e. The minimum Gasteiger partial charge on any atom is -0.115 e. The molecule has 1 aliphatic rings. The smallest absolute Gasteiger partial charge is 0.0631 e. The van der Waals surface area contributed by atoms with Crippen LogP contribution in [-0.2, 0) is 0 Å². The van der Waals surface area contributed by atoms with Crippen LogP contribution in [0, 0.1) is 12.3 Å². The highest BCUT2D eigenvalue weighted by molar-refractivity contribution is 14.1. The molecule has 0 heterocycles. The van der Waals surface area contributed by atoms with Crippen LogP contribution in [0.1, 0.15) is 27.1 Å². The Labute approximate surface area is 83.3 Å². The van der Waals surface area contributed by atoms with Crippen molar-refractivity contribution in [1.82, 2.24) is 0 Å². The van der Waals surface area contributed by atoms with E-state index in [1.165, 1.54) is 12.8 Å². The number of allylic oxidation sites excluding steroid dienone is 3. The topological polar surface area (TPSA) is 0 Å². The Bertz CT molecular complexity index is 268. The summed E-state index contributed by atoms with van der Waals surface area (Å²) in [6.07, 6.45) is 9.69. The van der Waals surface area contributed by atoms with E-state index in [9.17, 15) is 0 Å². The molecule has 0 aromatic heterocycles. The number of halogens is 1. The normalized spacial score (nSPS) is 21.1. The molecular weight excluding hydrogens is 247 g/mol.